The normalized spacial score (nSPS) is 18.5. The molecule has 4 aromatic rings. The predicted octanol–water partition coefficient (Wildman–Crippen LogP) is 5.37. The minimum absolute atomic E-state index is 0.0479. The number of hydrogen-bond acceptors (Lipinski definition) is 7. The van der Waals surface area contributed by atoms with E-state index in [9.17, 15) is 18.0 Å². The first-order valence-electron chi connectivity index (χ1n) is 16.1. The second-order valence-corrected chi connectivity index (χ2v) is 16.6. The number of piperidine rings is 1. The highest BCUT2D eigenvalue weighted by Gasteiger charge is 2.60. The summed E-state index contributed by atoms with van der Waals surface area (Å²) in [6.07, 6.45) is 4.00. The Balaban J connectivity index is 1.26. The second-order valence-electron chi connectivity index (χ2n) is 14.3. The fourth-order valence-corrected chi connectivity index (χ4v) is 8.48. The van der Waals surface area contributed by atoms with Gasteiger partial charge in [0.1, 0.15) is 26.5 Å². The lowest BCUT2D eigenvalue weighted by molar-refractivity contribution is -0.128. The van der Waals surface area contributed by atoms with Gasteiger partial charge in [-0.25, -0.2) is 18.2 Å². The van der Waals surface area contributed by atoms with Crippen LogP contribution in [0.4, 0.5) is 10.5 Å². The van der Waals surface area contributed by atoms with E-state index < -0.39 is 26.9 Å². The molecular weight excluding hydrogens is 614 g/mol. The molecule has 5 heterocycles. The standard InChI is InChI=1S/C36H41N5O5S/c1-35(2,3)46-34(43)41-21-36(22-41)30-27(39(4)33(36)42)19-37-32-29(30)28(24-9-7-6-8-10-24)31(38-32)25-13-11-23(12-14-25)20-40-17-15-26(16-18-40)47(5,44)45/h6-14,19,26H,15-18,20-22H2,1-5H3,(H,37,38). The molecule has 10 nitrogen and oxygen atoms in total. The van der Waals surface area contributed by atoms with Crippen molar-refractivity contribution in [3.63, 3.8) is 0 Å². The van der Waals surface area contributed by atoms with E-state index in [0.29, 0.717) is 18.5 Å². The molecule has 2 fully saturated rings. The molecule has 11 heteroatoms. The monoisotopic (exact) mass is 655 g/mol. The van der Waals surface area contributed by atoms with Gasteiger partial charge >= 0.3 is 6.09 Å². The second kappa shape index (κ2) is 11.2. The molecule has 2 amide bonds. The van der Waals surface area contributed by atoms with Gasteiger partial charge in [0.2, 0.25) is 5.91 Å². The number of anilines is 1. The largest absolute Gasteiger partial charge is 0.444 e. The zero-order chi connectivity index (χ0) is 33.3. The molecule has 0 aliphatic carbocycles. The van der Waals surface area contributed by atoms with Crippen molar-refractivity contribution in [1.29, 1.82) is 0 Å². The first kappa shape index (κ1) is 31.4. The van der Waals surface area contributed by atoms with Crippen molar-refractivity contribution in [2.24, 2.45) is 0 Å². The summed E-state index contributed by atoms with van der Waals surface area (Å²) in [6, 6.07) is 18.6. The van der Waals surface area contributed by atoms with Gasteiger partial charge in [0, 0.05) is 49.5 Å². The van der Waals surface area contributed by atoms with Gasteiger partial charge in [-0.05, 0) is 63.4 Å². The van der Waals surface area contributed by atoms with Crippen molar-refractivity contribution in [2.45, 2.75) is 56.4 Å². The van der Waals surface area contributed by atoms with E-state index in [0.717, 1.165) is 64.2 Å². The zero-order valence-electron chi connectivity index (χ0n) is 27.5. The van der Waals surface area contributed by atoms with Crippen LogP contribution in [0.1, 0.15) is 44.7 Å². The molecule has 246 valence electrons. The van der Waals surface area contributed by atoms with Gasteiger partial charge < -0.3 is 19.5 Å². The van der Waals surface area contributed by atoms with E-state index in [1.165, 1.54) is 6.26 Å². The Morgan fingerprint density at radius 2 is 1.68 bits per heavy atom. The number of benzene rings is 2. The molecule has 47 heavy (non-hydrogen) atoms. The Hall–Kier alpha value is -4.22. The molecular formula is C36H41N5O5S. The fourth-order valence-electron chi connectivity index (χ4n) is 7.42. The van der Waals surface area contributed by atoms with Crippen LogP contribution >= 0.6 is 0 Å². The maximum atomic E-state index is 13.9. The molecule has 0 unspecified atom stereocenters. The van der Waals surface area contributed by atoms with E-state index in [4.69, 9.17) is 9.72 Å². The highest BCUT2D eigenvalue weighted by Crippen LogP contribution is 2.53. The molecule has 2 aromatic carbocycles. The summed E-state index contributed by atoms with van der Waals surface area (Å²) >= 11 is 0. The van der Waals surface area contributed by atoms with Gasteiger partial charge in [0.25, 0.3) is 0 Å². The molecule has 3 aliphatic rings. The molecule has 1 spiro atoms. The van der Waals surface area contributed by atoms with Crippen LogP contribution in [0.5, 0.6) is 0 Å². The summed E-state index contributed by atoms with van der Waals surface area (Å²) in [5.74, 6) is -0.0479. The summed E-state index contributed by atoms with van der Waals surface area (Å²) in [4.78, 5) is 40.9. The number of nitrogens with one attached hydrogen (secondary N) is 1. The van der Waals surface area contributed by atoms with Gasteiger partial charge in [-0.15, -0.1) is 0 Å². The number of likely N-dealkylation sites (tertiary alicyclic amines) is 2. The van der Waals surface area contributed by atoms with Crippen molar-refractivity contribution in [2.75, 3.05) is 44.4 Å². The SMILES string of the molecule is CN1C(=O)C2(CN(C(=O)OC(C)(C)C)C2)c2c1cnc1[nH]c(-c3ccc(CN4CCC(S(C)(=O)=O)CC4)cc3)c(-c3ccccc3)c21. The number of H-pyrrole nitrogens is 1. The average molecular weight is 656 g/mol. The molecule has 0 radical (unpaired) electrons. The van der Waals surface area contributed by atoms with Crippen LogP contribution in [0.2, 0.25) is 0 Å². The smallest absolute Gasteiger partial charge is 0.410 e. The first-order chi connectivity index (χ1) is 22.2. The Morgan fingerprint density at radius 1 is 1.02 bits per heavy atom. The van der Waals surface area contributed by atoms with E-state index in [1.807, 2.05) is 39.0 Å². The number of aromatic amines is 1. The number of rotatable bonds is 5. The third-order valence-electron chi connectivity index (χ3n) is 9.78. The Bertz CT molecular complexity index is 1970. The van der Waals surface area contributed by atoms with Crippen molar-refractivity contribution in [3.8, 4) is 22.4 Å². The Kier molecular flexibility index (Phi) is 7.48. The van der Waals surface area contributed by atoms with E-state index in [-0.39, 0.29) is 24.2 Å². The molecule has 0 bridgehead atoms. The third kappa shape index (κ3) is 5.49. The van der Waals surface area contributed by atoms with Crippen LogP contribution < -0.4 is 4.90 Å². The maximum absolute atomic E-state index is 13.9. The molecule has 1 N–H and O–H groups in total. The number of amides is 2. The van der Waals surface area contributed by atoms with Crippen LogP contribution in [0.15, 0.2) is 60.8 Å². The summed E-state index contributed by atoms with van der Waals surface area (Å²) in [5.41, 5.74) is 5.85. The summed E-state index contributed by atoms with van der Waals surface area (Å²) in [5, 5.41) is 0.646. The molecule has 0 atom stereocenters. The Morgan fingerprint density at radius 3 is 2.30 bits per heavy atom. The van der Waals surface area contributed by atoms with Crippen molar-refractivity contribution >= 4 is 38.6 Å². The van der Waals surface area contributed by atoms with Gasteiger partial charge in [-0.2, -0.15) is 0 Å². The highest BCUT2D eigenvalue weighted by atomic mass is 32.2. The van der Waals surface area contributed by atoms with Gasteiger partial charge in [0.15, 0.2) is 0 Å². The molecule has 2 saturated heterocycles. The predicted molar refractivity (Wildman–Crippen MR) is 183 cm³/mol. The van der Waals surface area contributed by atoms with Crippen LogP contribution in [-0.2, 0) is 31.3 Å². The maximum Gasteiger partial charge on any atom is 0.410 e. The van der Waals surface area contributed by atoms with Crippen molar-refractivity contribution < 1.29 is 22.7 Å². The van der Waals surface area contributed by atoms with Crippen LogP contribution in [0, 0.1) is 0 Å². The minimum atomic E-state index is -3.01. The molecule has 3 aliphatic heterocycles. The van der Waals surface area contributed by atoms with E-state index >= 15 is 0 Å². The number of hydrogen-bond donors (Lipinski definition) is 1. The van der Waals surface area contributed by atoms with Crippen LogP contribution in [0.3, 0.4) is 0 Å². The van der Waals surface area contributed by atoms with Gasteiger partial charge in [-0.1, -0.05) is 54.6 Å². The van der Waals surface area contributed by atoms with E-state index in [1.54, 1.807) is 23.0 Å². The average Bonchev–Trinajstić information content (AvgIpc) is 3.49. The lowest BCUT2D eigenvalue weighted by Gasteiger charge is -2.46. The molecule has 7 rings (SSSR count). The number of sulfone groups is 1. The number of fused-ring (bicyclic) bond motifs is 4. The lowest BCUT2D eigenvalue weighted by Crippen LogP contribution is -2.65. The number of aromatic nitrogens is 2. The highest BCUT2D eigenvalue weighted by molar-refractivity contribution is 7.91. The van der Waals surface area contributed by atoms with Crippen LogP contribution in [-0.4, -0.2) is 90.5 Å². The lowest BCUT2D eigenvalue weighted by atomic mass is 9.73. The number of ether oxygens (including phenoxy) is 1. The van der Waals surface area contributed by atoms with Gasteiger partial charge in [0.05, 0.1) is 22.8 Å². The van der Waals surface area contributed by atoms with Gasteiger partial charge in [-0.3, -0.25) is 9.69 Å². The Labute approximate surface area is 275 Å². The van der Waals surface area contributed by atoms with Crippen molar-refractivity contribution in [1.82, 2.24) is 19.8 Å². The van der Waals surface area contributed by atoms with Crippen molar-refractivity contribution in [3.05, 3.63) is 71.9 Å². The summed E-state index contributed by atoms with van der Waals surface area (Å²) < 4.78 is 29.6. The number of carbonyl (C=O) groups is 2. The molecule has 0 saturated carbocycles. The summed E-state index contributed by atoms with van der Waals surface area (Å²) in [7, 11) is -1.23. The first-order valence-corrected chi connectivity index (χ1v) is 18.1. The number of pyridine rings is 1. The van der Waals surface area contributed by atoms with E-state index in [2.05, 4.69) is 46.3 Å². The molecule has 2 aromatic heterocycles. The number of carbonyl (C=O) groups excluding carboxylic acids is 2. The fraction of sp³-hybridized carbons (Fsp3) is 0.417. The summed E-state index contributed by atoms with van der Waals surface area (Å²) in [6.45, 7) is 8.27. The van der Waals surface area contributed by atoms with Crippen LogP contribution in [0.25, 0.3) is 33.4 Å². The third-order valence-corrected chi connectivity index (χ3v) is 11.5. The number of likely N-dealkylation sites (N-methyl/N-ethyl adjacent to an activating group) is 1. The number of nitrogens with zero attached hydrogens (tertiary/aromatic N) is 4. The topological polar surface area (TPSA) is 116 Å². The quantitative estimate of drug-likeness (QED) is 0.307. The minimum Gasteiger partial charge on any atom is -0.444 e. The zero-order valence-corrected chi connectivity index (χ0v) is 28.4.